The third kappa shape index (κ3) is 3.05. The van der Waals surface area contributed by atoms with Crippen molar-refractivity contribution in [3.8, 4) is 17.0 Å². The van der Waals surface area contributed by atoms with Crippen molar-refractivity contribution < 1.29 is 9.53 Å². The Kier molecular flexibility index (Phi) is 4.15. The summed E-state index contributed by atoms with van der Waals surface area (Å²) in [5.41, 5.74) is 4.47. The van der Waals surface area contributed by atoms with E-state index in [-0.39, 0.29) is 5.91 Å². The molecule has 3 aromatic carbocycles. The SMILES string of the molecule is COc1ccccc1C(=O)Nc1ccc(-c2cc3ccccc3[nH]2)cc1. The number of hydrogen-bond acceptors (Lipinski definition) is 2. The summed E-state index contributed by atoms with van der Waals surface area (Å²) in [6.07, 6.45) is 0. The number of aromatic nitrogens is 1. The lowest BCUT2D eigenvalue weighted by Gasteiger charge is -2.09. The number of anilines is 1. The number of carbonyl (C=O) groups excluding carboxylic acids is 1. The molecular formula is C22H18N2O2. The van der Waals surface area contributed by atoms with Gasteiger partial charge in [-0.1, -0.05) is 42.5 Å². The van der Waals surface area contributed by atoms with E-state index in [4.69, 9.17) is 4.74 Å². The molecule has 0 fully saturated rings. The molecule has 0 saturated carbocycles. The largest absolute Gasteiger partial charge is 0.496 e. The van der Waals surface area contributed by atoms with Gasteiger partial charge < -0.3 is 15.0 Å². The molecule has 4 rings (SSSR count). The third-order valence-electron chi connectivity index (χ3n) is 4.34. The Labute approximate surface area is 151 Å². The number of para-hydroxylation sites is 2. The number of rotatable bonds is 4. The van der Waals surface area contributed by atoms with Gasteiger partial charge in [-0.25, -0.2) is 0 Å². The van der Waals surface area contributed by atoms with Gasteiger partial charge in [-0.15, -0.1) is 0 Å². The first-order valence-electron chi connectivity index (χ1n) is 8.37. The standard InChI is InChI=1S/C22H18N2O2/c1-26-21-9-5-3-7-18(21)22(25)23-17-12-10-15(11-13-17)20-14-16-6-2-4-8-19(16)24-20/h2-14,24H,1H3,(H,23,25). The van der Waals surface area contributed by atoms with E-state index in [9.17, 15) is 4.79 Å². The monoisotopic (exact) mass is 342 g/mol. The van der Waals surface area contributed by atoms with Crippen LogP contribution >= 0.6 is 0 Å². The summed E-state index contributed by atoms with van der Waals surface area (Å²) in [6.45, 7) is 0. The molecule has 0 radical (unpaired) electrons. The van der Waals surface area contributed by atoms with Gasteiger partial charge >= 0.3 is 0 Å². The molecule has 0 aliphatic carbocycles. The highest BCUT2D eigenvalue weighted by atomic mass is 16.5. The quantitative estimate of drug-likeness (QED) is 0.542. The number of ether oxygens (including phenoxy) is 1. The fourth-order valence-corrected chi connectivity index (χ4v) is 2.99. The van der Waals surface area contributed by atoms with Gasteiger partial charge in [0, 0.05) is 22.3 Å². The second kappa shape index (κ2) is 6.76. The summed E-state index contributed by atoms with van der Waals surface area (Å²) in [7, 11) is 1.56. The Morgan fingerprint density at radius 3 is 2.42 bits per heavy atom. The molecule has 4 heteroatoms. The number of carbonyl (C=O) groups is 1. The zero-order valence-electron chi connectivity index (χ0n) is 14.3. The molecule has 128 valence electrons. The smallest absolute Gasteiger partial charge is 0.259 e. The molecule has 1 heterocycles. The molecule has 0 bridgehead atoms. The van der Waals surface area contributed by atoms with Crippen molar-refractivity contribution in [2.75, 3.05) is 12.4 Å². The Hall–Kier alpha value is -3.53. The summed E-state index contributed by atoms with van der Waals surface area (Å²) >= 11 is 0. The first-order valence-corrected chi connectivity index (χ1v) is 8.37. The van der Waals surface area contributed by atoms with Crippen molar-refractivity contribution in [2.45, 2.75) is 0 Å². The predicted octanol–water partition coefficient (Wildman–Crippen LogP) is 5.10. The van der Waals surface area contributed by atoms with Crippen LogP contribution in [0.15, 0.2) is 78.9 Å². The maximum absolute atomic E-state index is 12.5. The molecule has 0 unspecified atom stereocenters. The molecule has 1 aromatic heterocycles. The van der Waals surface area contributed by atoms with Crippen molar-refractivity contribution in [1.82, 2.24) is 4.98 Å². The van der Waals surface area contributed by atoms with E-state index in [0.29, 0.717) is 11.3 Å². The molecule has 2 N–H and O–H groups in total. The van der Waals surface area contributed by atoms with Crippen molar-refractivity contribution >= 4 is 22.5 Å². The van der Waals surface area contributed by atoms with E-state index in [1.807, 2.05) is 48.5 Å². The normalized spacial score (nSPS) is 10.7. The molecule has 26 heavy (non-hydrogen) atoms. The van der Waals surface area contributed by atoms with E-state index >= 15 is 0 Å². The Morgan fingerprint density at radius 2 is 1.65 bits per heavy atom. The van der Waals surface area contributed by atoms with Crippen molar-refractivity contribution in [3.05, 3.63) is 84.4 Å². The molecular weight excluding hydrogens is 324 g/mol. The van der Waals surface area contributed by atoms with Gasteiger partial charge in [0.2, 0.25) is 0 Å². The van der Waals surface area contributed by atoms with Gasteiger partial charge in [0.15, 0.2) is 0 Å². The number of benzene rings is 3. The molecule has 0 aliphatic heterocycles. The highest BCUT2D eigenvalue weighted by Gasteiger charge is 2.11. The molecule has 4 aromatic rings. The van der Waals surface area contributed by atoms with Crippen LogP contribution in [0.1, 0.15) is 10.4 Å². The summed E-state index contributed by atoms with van der Waals surface area (Å²) in [5, 5.41) is 4.09. The number of methoxy groups -OCH3 is 1. The van der Waals surface area contributed by atoms with Gasteiger partial charge in [0.25, 0.3) is 5.91 Å². The molecule has 0 spiro atoms. The Balaban J connectivity index is 1.55. The lowest BCUT2D eigenvalue weighted by Crippen LogP contribution is -2.12. The van der Waals surface area contributed by atoms with Crippen LogP contribution in [-0.4, -0.2) is 18.0 Å². The molecule has 0 aliphatic rings. The third-order valence-corrected chi connectivity index (χ3v) is 4.34. The van der Waals surface area contributed by atoms with E-state index in [1.54, 1.807) is 19.2 Å². The molecule has 0 saturated heterocycles. The minimum Gasteiger partial charge on any atom is -0.496 e. The predicted molar refractivity (Wildman–Crippen MR) is 105 cm³/mol. The molecule has 0 atom stereocenters. The summed E-state index contributed by atoms with van der Waals surface area (Å²) < 4.78 is 5.24. The Morgan fingerprint density at radius 1 is 0.923 bits per heavy atom. The zero-order chi connectivity index (χ0) is 17.9. The minimum absolute atomic E-state index is 0.194. The molecule has 1 amide bonds. The van der Waals surface area contributed by atoms with Crippen molar-refractivity contribution in [1.29, 1.82) is 0 Å². The zero-order valence-corrected chi connectivity index (χ0v) is 14.3. The maximum Gasteiger partial charge on any atom is 0.259 e. The fraction of sp³-hybridized carbons (Fsp3) is 0.0455. The number of amides is 1. The lowest BCUT2D eigenvalue weighted by molar-refractivity contribution is 0.102. The summed E-state index contributed by atoms with van der Waals surface area (Å²) in [5.74, 6) is 0.362. The van der Waals surface area contributed by atoms with Crippen LogP contribution in [0.2, 0.25) is 0 Å². The minimum atomic E-state index is -0.194. The lowest BCUT2D eigenvalue weighted by atomic mass is 10.1. The van der Waals surface area contributed by atoms with Gasteiger partial charge in [-0.2, -0.15) is 0 Å². The number of H-pyrrole nitrogens is 1. The first-order chi connectivity index (χ1) is 12.7. The van der Waals surface area contributed by atoms with E-state index in [1.165, 1.54) is 5.39 Å². The van der Waals surface area contributed by atoms with Crippen LogP contribution in [0.5, 0.6) is 5.75 Å². The second-order valence-electron chi connectivity index (χ2n) is 6.00. The Bertz CT molecular complexity index is 1030. The highest BCUT2D eigenvalue weighted by molar-refractivity contribution is 6.06. The van der Waals surface area contributed by atoms with Crippen LogP contribution in [-0.2, 0) is 0 Å². The summed E-state index contributed by atoms with van der Waals surface area (Å²) in [4.78, 5) is 15.9. The van der Waals surface area contributed by atoms with Crippen LogP contribution in [0, 0.1) is 0 Å². The first kappa shape index (κ1) is 16.0. The highest BCUT2D eigenvalue weighted by Crippen LogP contribution is 2.26. The number of fused-ring (bicyclic) bond motifs is 1. The van der Waals surface area contributed by atoms with Gasteiger partial charge in [0.05, 0.1) is 12.7 Å². The van der Waals surface area contributed by atoms with Crippen LogP contribution < -0.4 is 10.1 Å². The average Bonchev–Trinajstić information content (AvgIpc) is 3.12. The molecule has 4 nitrogen and oxygen atoms in total. The average molecular weight is 342 g/mol. The van der Waals surface area contributed by atoms with Gasteiger partial charge in [0.1, 0.15) is 5.75 Å². The van der Waals surface area contributed by atoms with Crippen LogP contribution in [0.4, 0.5) is 5.69 Å². The van der Waals surface area contributed by atoms with Crippen molar-refractivity contribution in [3.63, 3.8) is 0 Å². The summed E-state index contributed by atoms with van der Waals surface area (Å²) in [6, 6.07) is 25.2. The van der Waals surface area contributed by atoms with Gasteiger partial charge in [-0.3, -0.25) is 4.79 Å². The van der Waals surface area contributed by atoms with Crippen LogP contribution in [0.25, 0.3) is 22.2 Å². The van der Waals surface area contributed by atoms with E-state index < -0.39 is 0 Å². The van der Waals surface area contributed by atoms with E-state index in [0.717, 1.165) is 22.5 Å². The number of hydrogen-bond donors (Lipinski definition) is 2. The maximum atomic E-state index is 12.5. The van der Waals surface area contributed by atoms with Gasteiger partial charge in [-0.05, 0) is 42.0 Å². The number of nitrogens with one attached hydrogen (secondary N) is 2. The van der Waals surface area contributed by atoms with Crippen LogP contribution in [0.3, 0.4) is 0 Å². The number of aromatic amines is 1. The second-order valence-corrected chi connectivity index (χ2v) is 6.00. The fourth-order valence-electron chi connectivity index (χ4n) is 2.99. The topological polar surface area (TPSA) is 54.1 Å². The van der Waals surface area contributed by atoms with E-state index in [2.05, 4.69) is 28.5 Å². The van der Waals surface area contributed by atoms with Crippen molar-refractivity contribution in [2.24, 2.45) is 0 Å².